The van der Waals surface area contributed by atoms with E-state index in [2.05, 4.69) is 17.2 Å². The van der Waals surface area contributed by atoms with Crippen molar-refractivity contribution in [2.75, 3.05) is 19.8 Å². The maximum Gasteiger partial charge on any atom is 0.337 e. The number of aromatic carboxylic acids is 1. The van der Waals surface area contributed by atoms with Crippen molar-refractivity contribution in [1.29, 1.82) is 0 Å². The second-order valence-corrected chi connectivity index (χ2v) is 4.71. The van der Waals surface area contributed by atoms with Crippen LogP contribution in [-0.4, -0.2) is 41.7 Å². The number of carboxylic acid groups (broad SMARTS) is 1. The molecule has 116 valence electrons. The van der Waals surface area contributed by atoms with E-state index in [1.807, 2.05) is 0 Å². The molecular weight excluding hydrogens is 272 g/mol. The quantitative estimate of drug-likeness (QED) is 0.680. The van der Waals surface area contributed by atoms with Gasteiger partial charge in [-0.15, -0.1) is 0 Å². The predicted molar refractivity (Wildman–Crippen MR) is 78.6 cm³/mol. The van der Waals surface area contributed by atoms with Crippen molar-refractivity contribution in [2.24, 2.45) is 0 Å². The molecule has 1 heterocycles. The number of ether oxygens (including phenoxy) is 1. The molecule has 6 heteroatoms. The van der Waals surface area contributed by atoms with Gasteiger partial charge in [-0.3, -0.25) is 4.79 Å². The lowest BCUT2D eigenvalue weighted by Crippen LogP contribution is -2.26. The molecule has 0 bridgehead atoms. The lowest BCUT2D eigenvalue weighted by Gasteiger charge is -2.07. The van der Waals surface area contributed by atoms with Crippen molar-refractivity contribution < 1.29 is 19.4 Å². The summed E-state index contributed by atoms with van der Waals surface area (Å²) in [7, 11) is 0. The van der Waals surface area contributed by atoms with Crippen LogP contribution in [0, 0.1) is 6.92 Å². The third-order valence-electron chi connectivity index (χ3n) is 2.94. The second kappa shape index (κ2) is 9.07. The Hall–Kier alpha value is -1.95. The number of amides is 1. The summed E-state index contributed by atoms with van der Waals surface area (Å²) < 4.78 is 5.39. The van der Waals surface area contributed by atoms with E-state index < -0.39 is 5.97 Å². The molecule has 2 N–H and O–H groups in total. The summed E-state index contributed by atoms with van der Waals surface area (Å²) in [4.78, 5) is 26.7. The molecule has 21 heavy (non-hydrogen) atoms. The van der Waals surface area contributed by atoms with Crippen LogP contribution in [0.15, 0.2) is 12.1 Å². The Morgan fingerprint density at radius 3 is 2.62 bits per heavy atom. The number of hydrogen-bond acceptors (Lipinski definition) is 4. The van der Waals surface area contributed by atoms with Gasteiger partial charge in [0.15, 0.2) is 0 Å². The highest BCUT2D eigenvalue weighted by Crippen LogP contribution is 2.06. The Labute approximate surface area is 124 Å². The Balaban J connectivity index is 2.35. The van der Waals surface area contributed by atoms with Crippen LogP contribution in [0.5, 0.6) is 0 Å². The highest BCUT2D eigenvalue weighted by molar-refractivity contribution is 5.94. The molecule has 0 atom stereocenters. The van der Waals surface area contributed by atoms with Crippen molar-refractivity contribution in [3.63, 3.8) is 0 Å². The fourth-order valence-corrected chi connectivity index (χ4v) is 1.73. The molecule has 0 aliphatic heterocycles. The fourth-order valence-electron chi connectivity index (χ4n) is 1.73. The van der Waals surface area contributed by atoms with E-state index >= 15 is 0 Å². The van der Waals surface area contributed by atoms with Gasteiger partial charge in [-0.05, 0) is 31.9 Å². The van der Waals surface area contributed by atoms with Gasteiger partial charge in [-0.1, -0.05) is 13.3 Å². The van der Waals surface area contributed by atoms with Crippen LogP contribution in [-0.2, 0) is 4.74 Å². The zero-order valence-electron chi connectivity index (χ0n) is 12.5. The number of aromatic nitrogens is 1. The molecule has 0 unspecified atom stereocenters. The minimum absolute atomic E-state index is 0.107. The first-order valence-corrected chi connectivity index (χ1v) is 7.13. The average molecular weight is 294 g/mol. The molecule has 1 rings (SSSR count). The molecule has 0 spiro atoms. The minimum atomic E-state index is -1.05. The summed E-state index contributed by atoms with van der Waals surface area (Å²) in [6.45, 7) is 5.55. The SMILES string of the molecule is CCCCOCCCNC(=O)c1ccc(C(=O)O)c(C)n1. The van der Waals surface area contributed by atoms with Crippen LogP contribution < -0.4 is 5.32 Å². The second-order valence-electron chi connectivity index (χ2n) is 4.71. The Bertz CT molecular complexity index is 489. The van der Waals surface area contributed by atoms with Crippen LogP contribution >= 0.6 is 0 Å². The normalized spacial score (nSPS) is 10.4. The first kappa shape index (κ1) is 17.1. The number of carboxylic acids is 1. The van der Waals surface area contributed by atoms with Gasteiger partial charge in [0.25, 0.3) is 5.91 Å². The van der Waals surface area contributed by atoms with Crippen LogP contribution in [0.25, 0.3) is 0 Å². The third-order valence-corrected chi connectivity index (χ3v) is 2.94. The van der Waals surface area contributed by atoms with Crippen LogP contribution in [0.4, 0.5) is 0 Å². The number of carbonyl (C=O) groups excluding carboxylic acids is 1. The third kappa shape index (κ3) is 5.91. The lowest BCUT2D eigenvalue weighted by molar-refractivity contribution is 0.0694. The molecule has 0 aromatic carbocycles. The van der Waals surface area contributed by atoms with Crippen molar-refractivity contribution in [3.8, 4) is 0 Å². The monoisotopic (exact) mass is 294 g/mol. The van der Waals surface area contributed by atoms with Crippen molar-refractivity contribution in [2.45, 2.75) is 33.1 Å². The van der Waals surface area contributed by atoms with Gasteiger partial charge in [0, 0.05) is 19.8 Å². The zero-order chi connectivity index (χ0) is 15.7. The van der Waals surface area contributed by atoms with Crippen LogP contribution in [0.1, 0.15) is 52.7 Å². The van der Waals surface area contributed by atoms with Crippen LogP contribution in [0.3, 0.4) is 0 Å². The number of pyridine rings is 1. The van der Waals surface area contributed by atoms with Crippen molar-refractivity contribution >= 4 is 11.9 Å². The molecule has 1 aromatic rings. The molecule has 6 nitrogen and oxygen atoms in total. The van der Waals surface area contributed by atoms with Gasteiger partial charge < -0.3 is 15.2 Å². The number of hydrogen-bond donors (Lipinski definition) is 2. The number of carbonyl (C=O) groups is 2. The van der Waals surface area contributed by atoms with Gasteiger partial charge in [-0.25, -0.2) is 9.78 Å². The number of aryl methyl sites for hydroxylation is 1. The summed E-state index contributed by atoms with van der Waals surface area (Å²) in [5.41, 5.74) is 0.665. The van der Waals surface area contributed by atoms with E-state index in [0.29, 0.717) is 18.8 Å². The lowest BCUT2D eigenvalue weighted by atomic mass is 10.2. The first-order chi connectivity index (χ1) is 10.1. The number of rotatable bonds is 9. The Morgan fingerprint density at radius 1 is 1.29 bits per heavy atom. The smallest absolute Gasteiger partial charge is 0.337 e. The predicted octanol–water partition coefficient (Wildman–Crippen LogP) is 2.02. The Kier molecular flexibility index (Phi) is 7.39. The van der Waals surface area contributed by atoms with E-state index in [1.165, 1.54) is 12.1 Å². The standard InChI is InChI=1S/C15H22N2O4/c1-3-4-9-21-10-5-8-16-14(18)13-7-6-12(15(19)20)11(2)17-13/h6-7H,3-5,8-10H2,1-2H3,(H,16,18)(H,19,20). The number of nitrogens with one attached hydrogen (secondary N) is 1. The molecule has 0 saturated carbocycles. The summed E-state index contributed by atoms with van der Waals surface area (Å²) in [5, 5.41) is 11.6. The number of nitrogens with zero attached hydrogens (tertiary/aromatic N) is 1. The minimum Gasteiger partial charge on any atom is -0.478 e. The van der Waals surface area contributed by atoms with Gasteiger partial charge in [0.1, 0.15) is 5.69 Å². The molecular formula is C15H22N2O4. The van der Waals surface area contributed by atoms with E-state index in [9.17, 15) is 9.59 Å². The fraction of sp³-hybridized carbons (Fsp3) is 0.533. The van der Waals surface area contributed by atoms with Gasteiger partial charge in [-0.2, -0.15) is 0 Å². The van der Waals surface area contributed by atoms with E-state index in [4.69, 9.17) is 9.84 Å². The molecule has 0 aliphatic carbocycles. The topological polar surface area (TPSA) is 88.5 Å². The van der Waals surface area contributed by atoms with Crippen LogP contribution in [0.2, 0.25) is 0 Å². The molecule has 1 aromatic heterocycles. The summed E-state index contributed by atoms with van der Waals surface area (Å²) in [5.74, 6) is -1.35. The maximum absolute atomic E-state index is 11.9. The van der Waals surface area contributed by atoms with E-state index in [1.54, 1.807) is 6.92 Å². The van der Waals surface area contributed by atoms with E-state index in [-0.39, 0.29) is 17.2 Å². The molecule has 0 aliphatic rings. The largest absolute Gasteiger partial charge is 0.478 e. The zero-order valence-corrected chi connectivity index (χ0v) is 12.5. The van der Waals surface area contributed by atoms with Gasteiger partial charge in [0.05, 0.1) is 11.3 Å². The summed E-state index contributed by atoms with van der Waals surface area (Å²) >= 11 is 0. The molecule has 0 fully saturated rings. The van der Waals surface area contributed by atoms with Gasteiger partial charge in [0.2, 0.25) is 0 Å². The molecule has 0 radical (unpaired) electrons. The first-order valence-electron chi connectivity index (χ1n) is 7.13. The average Bonchev–Trinajstić information content (AvgIpc) is 2.45. The molecule has 1 amide bonds. The highest BCUT2D eigenvalue weighted by atomic mass is 16.5. The highest BCUT2D eigenvalue weighted by Gasteiger charge is 2.12. The van der Waals surface area contributed by atoms with Crippen molar-refractivity contribution in [3.05, 3.63) is 29.1 Å². The van der Waals surface area contributed by atoms with Gasteiger partial charge >= 0.3 is 5.97 Å². The molecule has 0 saturated heterocycles. The van der Waals surface area contributed by atoms with Crippen molar-refractivity contribution in [1.82, 2.24) is 10.3 Å². The Morgan fingerprint density at radius 2 is 2.00 bits per heavy atom. The maximum atomic E-state index is 11.9. The summed E-state index contributed by atoms with van der Waals surface area (Å²) in [6.07, 6.45) is 2.89. The number of unbranched alkanes of at least 4 members (excludes halogenated alkanes) is 1. The summed E-state index contributed by atoms with van der Waals surface area (Å²) in [6, 6.07) is 2.82. The van der Waals surface area contributed by atoms with E-state index in [0.717, 1.165) is 25.9 Å².